The van der Waals surface area contributed by atoms with Crippen LogP contribution < -0.4 is 10.0 Å². The topological polar surface area (TPSA) is 134 Å². The number of aliphatic hydroxyl groups excluding tert-OH is 1. The van der Waals surface area contributed by atoms with E-state index >= 15 is 0 Å². The number of rotatable bonds is 10. The van der Waals surface area contributed by atoms with E-state index in [0.717, 1.165) is 24.9 Å². The molecule has 1 saturated carbocycles. The number of likely N-dealkylation sites (N-methyl/N-ethyl adjacent to an activating group) is 1. The van der Waals surface area contributed by atoms with Crippen molar-refractivity contribution in [2.75, 3.05) is 30.2 Å². The summed E-state index contributed by atoms with van der Waals surface area (Å²) in [7, 11) is -2.50. The molecule has 0 bridgehead atoms. The van der Waals surface area contributed by atoms with Crippen molar-refractivity contribution in [3.63, 3.8) is 0 Å². The maximum atomic E-state index is 14.9. The fourth-order valence-electron chi connectivity index (χ4n) is 4.00. The molecule has 0 spiro atoms. The molecule has 0 aliphatic heterocycles. The van der Waals surface area contributed by atoms with Crippen LogP contribution in [0.4, 0.5) is 15.9 Å². The molecule has 13 heteroatoms. The lowest BCUT2D eigenvalue weighted by molar-refractivity contribution is -0.139. The summed E-state index contributed by atoms with van der Waals surface area (Å²) < 4.78 is 47.6. The summed E-state index contributed by atoms with van der Waals surface area (Å²) in [5.74, 6) is -1.01. The van der Waals surface area contributed by atoms with Gasteiger partial charge >= 0.3 is 0 Å². The number of nitrogens with zero attached hydrogens (tertiary/aromatic N) is 3. The van der Waals surface area contributed by atoms with Crippen LogP contribution in [0.15, 0.2) is 35.6 Å². The molecule has 1 aliphatic carbocycles. The fourth-order valence-corrected chi connectivity index (χ4v) is 5.38. The lowest BCUT2D eigenvalue weighted by Crippen LogP contribution is -2.55. The van der Waals surface area contributed by atoms with Gasteiger partial charge in [-0.3, -0.25) is 14.4 Å². The van der Waals surface area contributed by atoms with Gasteiger partial charge in [-0.25, -0.2) is 22.8 Å². The van der Waals surface area contributed by atoms with Crippen LogP contribution in [0.25, 0.3) is 0 Å². The second-order valence-corrected chi connectivity index (χ2v) is 9.67. The highest BCUT2D eigenvalue weighted by Gasteiger charge is 2.37. The van der Waals surface area contributed by atoms with Crippen molar-refractivity contribution in [3.05, 3.63) is 41.6 Å². The molecule has 3 atom stereocenters. The summed E-state index contributed by atoms with van der Waals surface area (Å²) in [6.07, 6.45) is 4.14. The van der Waals surface area contributed by atoms with Gasteiger partial charge in [0.1, 0.15) is 29.0 Å². The van der Waals surface area contributed by atoms with E-state index in [1.165, 1.54) is 12.3 Å². The van der Waals surface area contributed by atoms with Crippen LogP contribution in [0.2, 0.25) is 5.02 Å². The van der Waals surface area contributed by atoms with Crippen LogP contribution in [0.1, 0.15) is 19.3 Å². The zero-order valence-corrected chi connectivity index (χ0v) is 19.4. The van der Waals surface area contributed by atoms with Gasteiger partial charge < -0.3 is 15.2 Å². The summed E-state index contributed by atoms with van der Waals surface area (Å²) in [4.78, 5) is 19.7. The summed E-state index contributed by atoms with van der Waals surface area (Å²) in [5, 5.41) is 12.5. The normalized spacial score (nSPS) is 20.9. The molecule has 0 radical (unpaired) electrons. The van der Waals surface area contributed by atoms with Crippen LogP contribution in [0.3, 0.4) is 0 Å². The van der Waals surface area contributed by atoms with Gasteiger partial charge in [-0.05, 0) is 44.5 Å². The quantitative estimate of drug-likeness (QED) is 0.417. The predicted octanol–water partition coefficient (Wildman–Crippen LogP) is 1.87. The number of hydrogen-bond donors (Lipinski definition) is 3. The number of sulfonamides is 1. The van der Waals surface area contributed by atoms with Crippen LogP contribution in [0, 0.1) is 5.82 Å². The average molecular weight is 502 g/mol. The molecule has 1 aromatic carbocycles. The van der Waals surface area contributed by atoms with Crippen LogP contribution >= 0.6 is 11.6 Å². The van der Waals surface area contributed by atoms with Gasteiger partial charge in [0.15, 0.2) is 0 Å². The molecular formula is C20H25ClFN5O5S. The van der Waals surface area contributed by atoms with E-state index in [-0.39, 0.29) is 35.2 Å². The Morgan fingerprint density at radius 2 is 2.18 bits per heavy atom. The minimum atomic E-state index is -4.29. The van der Waals surface area contributed by atoms with Crippen LogP contribution in [0.5, 0.6) is 0 Å². The van der Waals surface area contributed by atoms with E-state index in [4.69, 9.17) is 16.3 Å². The second kappa shape index (κ2) is 11.1. The maximum absolute atomic E-state index is 14.9. The maximum Gasteiger partial charge on any atom is 0.293 e. The van der Waals surface area contributed by atoms with Crippen molar-refractivity contribution in [1.82, 2.24) is 14.9 Å². The van der Waals surface area contributed by atoms with E-state index in [2.05, 4.69) is 20.0 Å². The highest BCUT2D eigenvalue weighted by Crippen LogP contribution is 2.33. The van der Waals surface area contributed by atoms with Crippen LogP contribution in [-0.4, -0.2) is 73.3 Å². The molecule has 1 heterocycles. The summed E-state index contributed by atoms with van der Waals surface area (Å²) >= 11 is 6.33. The standard InChI is InChI=1S/C20H25ClFN5O5S/c1-27(7-8-28)20-15(3-2-4-17(20)32-12-29)25-16-10-14(22)18(9-13(16)21)33(30,31)26-19-5-6-23-11-24-19/h5-6,9-12,15,17,20,25,28H,2-4,7-8H2,1H3,(H,23,24,26)/t15-,17?,20+/m0/s1. The molecule has 0 saturated heterocycles. The number of nitrogens with one attached hydrogen (secondary N) is 2. The third-order valence-corrected chi connectivity index (χ3v) is 7.14. The second-order valence-electron chi connectivity index (χ2n) is 7.61. The number of anilines is 2. The van der Waals surface area contributed by atoms with Crippen molar-refractivity contribution < 1.29 is 27.4 Å². The third-order valence-electron chi connectivity index (χ3n) is 5.46. The van der Waals surface area contributed by atoms with E-state index in [1.807, 2.05) is 4.90 Å². The number of hydrogen-bond acceptors (Lipinski definition) is 9. The smallest absolute Gasteiger partial charge is 0.293 e. The van der Waals surface area contributed by atoms with Crippen molar-refractivity contribution in [1.29, 1.82) is 0 Å². The van der Waals surface area contributed by atoms with E-state index in [1.54, 1.807) is 7.05 Å². The first-order valence-electron chi connectivity index (χ1n) is 10.2. The number of aromatic nitrogens is 2. The first-order chi connectivity index (χ1) is 15.8. The number of ether oxygens (including phenoxy) is 1. The molecule has 1 aliphatic rings. The zero-order chi connectivity index (χ0) is 24.0. The Morgan fingerprint density at radius 3 is 2.85 bits per heavy atom. The molecule has 1 fully saturated rings. The Labute approximate surface area is 196 Å². The highest BCUT2D eigenvalue weighted by atomic mass is 35.5. The minimum Gasteiger partial charge on any atom is -0.463 e. The number of aliphatic hydroxyl groups is 1. The molecule has 0 amide bonds. The Balaban J connectivity index is 1.86. The molecule has 33 heavy (non-hydrogen) atoms. The molecule has 1 unspecified atom stereocenters. The molecule has 2 aromatic rings. The molecule has 3 N–H and O–H groups in total. The van der Waals surface area contributed by atoms with Gasteiger partial charge in [0.2, 0.25) is 0 Å². The Bertz CT molecular complexity index is 1060. The van der Waals surface area contributed by atoms with E-state index < -0.39 is 26.8 Å². The predicted molar refractivity (Wildman–Crippen MR) is 120 cm³/mol. The Kier molecular flexibility index (Phi) is 8.40. The molecule has 3 rings (SSSR count). The zero-order valence-electron chi connectivity index (χ0n) is 17.8. The van der Waals surface area contributed by atoms with Crippen molar-refractivity contribution in [2.24, 2.45) is 0 Å². The highest BCUT2D eigenvalue weighted by molar-refractivity contribution is 7.92. The van der Waals surface area contributed by atoms with Gasteiger partial charge in [-0.1, -0.05) is 11.6 Å². The lowest BCUT2D eigenvalue weighted by atomic mass is 9.86. The van der Waals surface area contributed by atoms with Crippen molar-refractivity contribution >= 4 is 39.6 Å². The molecule has 10 nitrogen and oxygen atoms in total. The summed E-state index contributed by atoms with van der Waals surface area (Å²) in [5.41, 5.74) is 0.203. The van der Waals surface area contributed by atoms with Gasteiger partial charge in [-0.15, -0.1) is 0 Å². The number of benzene rings is 1. The van der Waals surface area contributed by atoms with Gasteiger partial charge in [0.25, 0.3) is 16.5 Å². The molecule has 1 aromatic heterocycles. The van der Waals surface area contributed by atoms with Crippen molar-refractivity contribution in [2.45, 2.75) is 42.3 Å². The van der Waals surface area contributed by atoms with Gasteiger partial charge in [0.05, 0.1) is 23.4 Å². The SMILES string of the molecule is CN(CCO)[C@H]1C(OC=O)CCC[C@@H]1Nc1cc(F)c(S(=O)(=O)Nc2ccncn2)cc1Cl. The number of carbonyl (C=O) groups excluding carboxylic acids is 1. The molecular weight excluding hydrogens is 477 g/mol. The van der Waals surface area contributed by atoms with Gasteiger partial charge in [0, 0.05) is 18.8 Å². The first-order valence-corrected chi connectivity index (χ1v) is 12.1. The average Bonchev–Trinajstić information content (AvgIpc) is 2.77. The lowest BCUT2D eigenvalue weighted by Gasteiger charge is -2.42. The third kappa shape index (κ3) is 6.08. The summed E-state index contributed by atoms with van der Waals surface area (Å²) in [6.45, 7) is 0.647. The van der Waals surface area contributed by atoms with E-state index in [0.29, 0.717) is 25.9 Å². The first kappa shape index (κ1) is 25.1. The monoisotopic (exact) mass is 501 g/mol. The van der Waals surface area contributed by atoms with Gasteiger partial charge in [-0.2, -0.15) is 0 Å². The largest absolute Gasteiger partial charge is 0.463 e. The number of halogens is 2. The number of carbonyl (C=O) groups is 1. The Hall–Kier alpha value is -2.54. The van der Waals surface area contributed by atoms with Crippen molar-refractivity contribution in [3.8, 4) is 0 Å². The van der Waals surface area contributed by atoms with Crippen LogP contribution in [-0.2, 0) is 19.6 Å². The van der Waals surface area contributed by atoms with E-state index in [9.17, 15) is 22.7 Å². The fraction of sp³-hybridized carbons (Fsp3) is 0.450. The molecule has 180 valence electrons. The summed E-state index contributed by atoms with van der Waals surface area (Å²) in [6, 6.07) is 2.77. The minimum absolute atomic E-state index is 0.00135. The Morgan fingerprint density at radius 1 is 1.39 bits per heavy atom.